The summed E-state index contributed by atoms with van der Waals surface area (Å²) in [5, 5.41) is 10.2. The monoisotopic (exact) mass is 364 g/mol. The highest BCUT2D eigenvalue weighted by atomic mass is 79.9. The highest BCUT2D eigenvalue weighted by molar-refractivity contribution is 9.10. The number of para-hydroxylation sites is 1. The predicted octanol–water partition coefficient (Wildman–Crippen LogP) is 4.57. The van der Waals surface area contributed by atoms with Crippen molar-refractivity contribution >= 4 is 15.9 Å². The second-order valence-corrected chi connectivity index (χ2v) is 4.92. The number of rotatable bonds is 3. The van der Waals surface area contributed by atoms with Crippen LogP contribution in [0.2, 0.25) is 0 Å². The minimum absolute atomic E-state index is 0.0145. The van der Waals surface area contributed by atoms with Crippen molar-refractivity contribution in [2.45, 2.75) is 12.5 Å². The Morgan fingerprint density at radius 3 is 2.29 bits per heavy atom. The molecule has 0 fully saturated rings. The fourth-order valence-corrected chi connectivity index (χ4v) is 2.30. The molecule has 2 aromatic carbocycles. The van der Waals surface area contributed by atoms with Crippen LogP contribution in [0.1, 0.15) is 17.2 Å². The summed E-state index contributed by atoms with van der Waals surface area (Å²) in [6, 6.07) is 9.09. The zero-order valence-corrected chi connectivity index (χ0v) is 12.0. The molecule has 0 heterocycles. The summed E-state index contributed by atoms with van der Waals surface area (Å²) in [5.74, 6) is -1.16. The lowest BCUT2D eigenvalue weighted by Crippen LogP contribution is -2.19. The Labute approximate surface area is 126 Å². The summed E-state index contributed by atoms with van der Waals surface area (Å²) in [6.45, 7) is 0. The van der Waals surface area contributed by atoms with Gasteiger partial charge in [0.25, 0.3) is 0 Å². The third-order valence-corrected chi connectivity index (χ3v) is 3.55. The average Bonchev–Trinajstić information content (AvgIpc) is 2.40. The van der Waals surface area contributed by atoms with Gasteiger partial charge in [0.15, 0.2) is 0 Å². The summed E-state index contributed by atoms with van der Waals surface area (Å²) in [6.07, 6.45) is -6.34. The third-order valence-electron chi connectivity index (χ3n) is 2.72. The van der Waals surface area contributed by atoms with Gasteiger partial charge >= 0.3 is 6.36 Å². The lowest BCUT2D eigenvalue weighted by molar-refractivity contribution is -0.275. The van der Waals surface area contributed by atoms with Gasteiger partial charge in [0.1, 0.15) is 17.7 Å². The standard InChI is InChI=1S/C14H9BrF4O2/c15-12-9(5-3-6-10(12)16)13(20)8-4-1-2-7-11(8)21-14(17,18)19/h1-7,13,20H. The molecule has 0 saturated heterocycles. The molecule has 0 aliphatic heterocycles. The molecule has 1 N–H and O–H groups in total. The van der Waals surface area contributed by atoms with Crippen LogP contribution >= 0.6 is 15.9 Å². The molecule has 2 rings (SSSR count). The molecule has 0 amide bonds. The second-order valence-electron chi connectivity index (χ2n) is 4.13. The molecular formula is C14H9BrF4O2. The zero-order valence-electron chi connectivity index (χ0n) is 10.4. The Bertz CT molecular complexity index is 643. The number of aliphatic hydroxyl groups excluding tert-OH is 1. The van der Waals surface area contributed by atoms with E-state index in [0.29, 0.717) is 0 Å². The lowest BCUT2D eigenvalue weighted by atomic mass is 10.0. The van der Waals surface area contributed by atoms with Gasteiger partial charge in [0.2, 0.25) is 0 Å². The summed E-state index contributed by atoms with van der Waals surface area (Å²) in [4.78, 5) is 0. The van der Waals surface area contributed by atoms with Crippen molar-refractivity contribution in [3.05, 3.63) is 63.9 Å². The fourth-order valence-electron chi connectivity index (χ4n) is 1.82. The molecule has 112 valence electrons. The molecule has 7 heteroatoms. The molecule has 0 bridgehead atoms. The van der Waals surface area contributed by atoms with Crippen molar-refractivity contribution in [3.63, 3.8) is 0 Å². The van der Waals surface area contributed by atoms with E-state index < -0.39 is 24.0 Å². The molecule has 2 aromatic rings. The molecule has 0 saturated carbocycles. The van der Waals surface area contributed by atoms with E-state index in [1.807, 2.05) is 0 Å². The molecule has 0 spiro atoms. The molecule has 0 aliphatic carbocycles. The van der Waals surface area contributed by atoms with E-state index in [1.165, 1.54) is 36.4 Å². The van der Waals surface area contributed by atoms with Crippen LogP contribution in [0, 0.1) is 5.82 Å². The van der Waals surface area contributed by atoms with E-state index in [-0.39, 0.29) is 15.6 Å². The number of ether oxygens (including phenoxy) is 1. The van der Waals surface area contributed by atoms with E-state index in [1.54, 1.807) is 0 Å². The number of aliphatic hydroxyl groups is 1. The van der Waals surface area contributed by atoms with Crippen molar-refractivity contribution in [2.24, 2.45) is 0 Å². The van der Waals surface area contributed by atoms with Gasteiger partial charge in [-0.25, -0.2) is 4.39 Å². The van der Waals surface area contributed by atoms with E-state index in [2.05, 4.69) is 20.7 Å². The van der Waals surface area contributed by atoms with Crippen LogP contribution in [0.5, 0.6) is 5.75 Å². The number of hydrogen-bond acceptors (Lipinski definition) is 2. The molecule has 2 nitrogen and oxygen atoms in total. The van der Waals surface area contributed by atoms with Crippen molar-refractivity contribution in [3.8, 4) is 5.75 Å². The average molecular weight is 365 g/mol. The SMILES string of the molecule is OC(c1ccccc1OC(F)(F)F)c1cccc(F)c1Br. The number of hydrogen-bond donors (Lipinski definition) is 1. The van der Waals surface area contributed by atoms with Gasteiger partial charge in [-0.2, -0.15) is 0 Å². The van der Waals surface area contributed by atoms with Gasteiger partial charge < -0.3 is 9.84 Å². The van der Waals surface area contributed by atoms with Crippen molar-refractivity contribution in [1.29, 1.82) is 0 Å². The first-order valence-electron chi connectivity index (χ1n) is 5.76. The van der Waals surface area contributed by atoms with Crippen LogP contribution in [0.3, 0.4) is 0 Å². The highest BCUT2D eigenvalue weighted by Crippen LogP contribution is 2.36. The first-order chi connectivity index (χ1) is 9.79. The third kappa shape index (κ3) is 3.74. The predicted molar refractivity (Wildman–Crippen MR) is 71.3 cm³/mol. The van der Waals surface area contributed by atoms with E-state index >= 15 is 0 Å². The van der Waals surface area contributed by atoms with Gasteiger partial charge in [-0.3, -0.25) is 0 Å². The summed E-state index contributed by atoms with van der Waals surface area (Å²) in [7, 11) is 0. The maximum absolute atomic E-state index is 13.5. The Morgan fingerprint density at radius 2 is 1.62 bits per heavy atom. The zero-order chi connectivity index (χ0) is 15.6. The molecule has 0 aliphatic rings. The van der Waals surface area contributed by atoms with Crippen LogP contribution in [-0.4, -0.2) is 11.5 Å². The van der Waals surface area contributed by atoms with Crippen molar-refractivity contribution in [2.75, 3.05) is 0 Å². The summed E-state index contributed by atoms with van der Waals surface area (Å²) < 4.78 is 54.4. The van der Waals surface area contributed by atoms with Gasteiger partial charge in [-0.1, -0.05) is 30.3 Å². The fraction of sp³-hybridized carbons (Fsp3) is 0.143. The van der Waals surface area contributed by atoms with Crippen LogP contribution in [0.25, 0.3) is 0 Å². The van der Waals surface area contributed by atoms with E-state index in [9.17, 15) is 22.7 Å². The van der Waals surface area contributed by atoms with Crippen LogP contribution in [-0.2, 0) is 0 Å². The molecular weight excluding hydrogens is 356 g/mol. The lowest BCUT2D eigenvalue weighted by Gasteiger charge is -2.18. The van der Waals surface area contributed by atoms with Crippen molar-refractivity contribution in [1.82, 2.24) is 0 Å². The summed E-state index contributed by atoms with van der Waals surface area (Å²) in [5.41, 5.74) is -0.00523. The maximum atomic E-state index is 13.5. The number of halogens is 5. The molecule has 21 heavy (non-hydrogen) atoms. The van der Waals surface area contributed by atoms with Gasteiger partial charge in [0.05, 0.1) is 4.47 Å². The Kier molecular flexibility index (Phi) is 4.53. The quantitative estimate of drug-likeness (QED) is 0.808. The first-order valence-corrected chi connectivity index (χ1v) is 6.55. The minimum Gasteiger partial charge on any atom is -0.405 e. The minimum atomic E-state index is -4.88. The van der Waals surface area contributed by atoms with E-state index in [0.717, 1.165) is 6.07 Å². The second kappa shape index (κ2) is 6.03. The van der Waals surface area contributed by atoms with Gasteiger partial charge in [0, 0.05) is 11.1 Å². The smallest absolute Gasteiger partial charge is 0.405 e. The maximum Gasteiger partial charge on any atom is 0.573 e. The van der Waals surface area contributed by atoms with Gasteiger partial charge in [-0.15, -0.1) is 13.2 Å². The Morgan fingerprint density at radius 1 is 1.00 bits per heavy atom. The Hall–Kier alpha value is -1.60. The largest absolute Gasteiger partial charge is 0.573 e. The van der Waals surface area contributed by atoms with Crippen LogP contribution in [0.4, 0.5) is 17.6 Å². The van der Waals surface area contributed by atoms with Crippen LogP contribution in [0.15, 0.2) is 46.9 Å². The van der Waals surface area contributed by atoms with E-state index in [4.69, 9.17) is 0 Å². The number of benzene rings is 2. The Balaban J connectivity index is 2.44. The first kappa shape index (κ1) is 15.8. The van der Waals surface area contributed by atoms with Crippen molar-refractivity contribution < 1.29 is 27.4 Å². The highest BCUT2D eigenvalue weighted by Gasteiger charge is 2.33. The topological polar surface area (TPSA) is 29.5 Å². The van der Waals surface area contributed by atoms with Crippen LogP contribution < -0.4 is 4.74 Å². The number of alkyl halides is 3. The van der Waals surface area contributed by atoms with Gasteiger partial charge in [-0.05, 0) is 28.1 Å². The molecule has 0 aromatic heterocycles. The normalized spacial score (nSPS) is 13.0. The summed E-state index contributed by atoms with van der Waals surface area (Å²) >= 11 is 2.97. The molecule has 0 radical (unpaired) electrons. The molecule has 1 atom stereocenters. The molecule has 1 unspecified atom stereocenters.